The first kappa shape index (κ1) is 17.5. The molecule has 5 nitrogen and oxygen atoms in total. The summed E-state index contributed by atoms with van der Waals surface area (Å²) in [5.74, 6) is -2.21. The van der Waals surface area contributed by atoms with Gasteiger partial charge in [-0.1, -0.05) is 15.9 Å². The summed E-state index contributed by atoms with van der Waals surface area (Å²) in [6.07, 6.45) is -5.01. The minimum Gasteiger partial charge on any atom is -0.384 e. The van der Waals surface area contributed by atoms with Crippen LogP contribution in [0.1, 0.15) is 16.7 Å². The quantitative estimate of drug-likeness (QED) is 0.716. The minimum atomic E-state index is -5.01. The molecule has 2 aromatic rings. The number of nitriles is 2. The molecule has 0 spiro atoms. The fourth-order valence-corrected chi connectivity index (χ4v) is 2.60. The van der Waals surface area contributed by atoms with Crippen LogP contribution in [0, 0.1) is 28.5 Å². The van der Waals surface area contributed by atoms with E-state index >= 15 is 0 Å². The number of anilines is 1. The monoisotopic (exact) mass is 400 g/mol. The summed E-state index contributed by atoms with van der Waals surface area (Å²) < 4.78 is 53.1. The van der Waals surface area contributed by atoms with E-state index in [-0.39, 0.29) is 4.47 Å². The first-order valence-corrected chi connectivity index (χ1v) is 6.84. The van der Waals surface area contributed by atoms with E-state index in [0.717, 1.165) is 6.07 Å². The van der Waals surface area contributed by atoms with Crippen LogP contribution in [0.25, 0.3) is 11.1 Å². The van der Waals surface area contributed by atoms with Gasteiger partial charge in [-0.3, -0.25) is 4.79 Å². The van der Waals surface area contributed by atoms with E-state index in [2.05, 4.69) is 15.9 Å². The average Bonchev–Trinajstić information content (AvgIpc) is 2.46. The third kappa shape index (κ3) is 2.72. The van der Waals surface area contributed by atoms with E-state index in [1.165, 1.54) is 6.07 Å². The number of nitrogens with zero attached hydrogens (tertiary/aromatic N) is 2. The van der Waals surface area contributed by atoms with Gasteiger partial charge in [0.15, 0.2) is 0 Å². The highest BCUT2D eigenvalue weighted by atomic mass is 79.9. The van der Waals surface area contributed by atoms with Crippen molar-refractivity contribution in [1.29, 1.82) is 10.5 Å². The second-order valence-corrected chi connectivity index (χ2v) is 5.35. The van der Waals surface area contributed by atoms with E-state index in [0.29, 0.717) is 6.07 Å². The number of halogens is 5. The summed E-state index contributed by atoms with van der Waals surface area (Å²) in [6, 6.07) is 4.42. The minimum absolute atomic E-state index is 0.175. The van der Waals surface area contributed by atoms with Crippen LogP contribution in [-0.4, -0.2) is 4.98 Å². The van der Waals surface area contributed by atoms with E-state index in [1.54, 1.807) is 6.07 Å². The number of benzene rings is 1. The van der Waals surface area contributed by atoms with Gasteiger partial charge in [0.1, 0.15) is 34.9 Å². The van der Waals surface area contributed by atoms with Gasteiger partial charge in [-0.05, 0) is 12.1 Å². The van der Waals surface area contributed by atoms with Crippen molar-refractivity contribution in [2.75, 3.05) is 5.73 Å². The number of hydrogen-bond acceptors (Lipinski definition) is 4. The molecule has 2 rings (SSSR count). The van der Waals surface area contributed by atoms with Gasteiger partial charge in [-0.25, -0.2) is 4.39 Å². The van der Waals surface area contributed by atoms with Gasteiger partial charge >= 0.3 is 6.18 Å². The topological polar surface area (TPSA) is 106 Å². The van der Waals surface area contributed by atoms with Crippen molar-refractivity contribution < 1.29 is 17.6 Å². The maximum absolute atomic E-state index is 14.5. The molecule has 0 aliphatic rings. The van der Waals surface area contributed by atoms with Gasteiger partial charge < -0.3 is 10.7 Å². The van der Waals surface area contributed by atoms with Gasteiger partial charge in [-0.15, -0.1) is 0 Å². The lowest BCUT2D eigenvalue weighted by molar-refractivity contribution is -0.139. The predicted molar refractivity (Wildman–Crippen MR) is 79.0 cm³/mol. The van der Waals surface area contributed by atoms with Crippen molar-refractivity contribution in [3.05, 3.63) is 49.5 Å². The van der Waals surface area contributed by atoms with E-state index in [4.69, 9.17) is 16.3 Å². The first-order chi connectivity index (χ1) is 11.1. The summed E-state index contributed by atoms with van der Waals surface area (Å²) in [5, 5.41) is 18.3. The fourth-order valence-electron chi connectivity index (χ4n) is 2.09. The molecule has 0 fully saturated rings. The number of nitrogen functional groups attached to an aromatic ring is 1. The number of rotatable bonds is 1. The van der Waals surface area contributed by atoms with E-state index in [9.17, 15) is 22.4 Å². The molecule has 0 radical (unpaired) electrons. The van der Waals surface area contributed by atoms with Crippen LogP contribution in [-0.2, 0) is 6.18 Å². The van der Waals surface area contributed by atoms with Crippen LogP contribution in [0.2, 0.25) is 0 Å². The molecule has 1 heterocycles. The maximum atomic E-state index is 14.5. The molecule has 0 saturated carbocycles. The van der Waals surface area contributed by atoms with Crippen molar-refractivity contribution in [3.63, 3.8) is 0 Å². The van der Waals surface area contributed by atoms with E-state index in [1.807, 2.05) is 4.98 Å². The van der Waals surface area contributed by atoms with Gasteiger partial charge in [-0.2, -0.15) is 23.7 Å². The second-order valence-electron chi connectivity index (χ2n) is 4.50. The Hall–Kier alpha value is -2.85. The lowest BCUT2D eigenvalue weighted by Crippen LogP contribution is -2.17. The number of H-pyrrole nitrogens is 1. The Balaban J connectivity index is 3.07. The van der Waals surface area contributed by atoms with Crippen molar-refractivity contribution in [2.45, 2.75) is 6.18 Å². The van der Waals surface area contributed by atoms with Gasteiger partial charge in [0.2, 0.25) is 0 Å². The highest BCUT2D eigenvalue weighted by molar-refractivity contribution is 9.10. The number of pyridine rings is 1. The Morgan fingerprint density at radius 1 is 1.12 bits per heavy atom. The van der Waals surface area contributed by atoms with Crippen molar-refractivity contribution in [1.82, 2.24) is 4.98 Å². The largest absolute Gasteiger partial charge is 0.419 e. The zero-order chi connectivity index (χ0) is 18.2. The normalized spacial score (nSPS) is 11.0. The summed E-state index contributed by atoms with van der Waals surface area (Å²) in [7, 11) is 0. The molecule has 0 aliphatic carbocycles. The summed E-state index contributed by atoms with van der Waals surface area (Å²) in [6.45, 7) is 0. The Morgan fingerprint density at radius 2 is 1.71 bits per heavy atom. The highest BCUT2D eigenvalue weighted by Gasteiger charge is 2.36. The number of alkyl halides is 3. The Morgan fingerprint density at radius 3 is 2.21 bits per heavy atom. The molecule has 0 amide bonds. The summed E-state index contributed by atoms with van der Waals surface area (Å²) in [4.78, 5) is 13.8. The molecule has 0 saturated heterocycles. The van der Waals surface area contributed by atoms with Crippen molar-refractivity contribution in [2.24, 2.45) is 0 Å². The molecule has 0 aliphatic heterocycles. The van der Waals surface area contributed by atoms with Crippen LogP contribution in [0.3, 0.4) is 0 Å². The fraction of sp³-hybridized carbons (Fsp3) is 0.0714. The van der Waals surface area contributed by atoms with Crippen LogP contribution in [0.4, 0.5) is 23.4 Å². The van der Waals surface area contributed by atoms with Gasteiger partial charge in [0.25, 0.3) is 5.56 Å². The molecule has 122 valence electrons. The Bertz CT molecular complexity index is 983. The molecule has 0 bridgehead atoms. The molecule has 24 heavy (non-hydrogen) atoms. The van der Waals surface area contributed by atoms with Crippen molar-refractivity contribution >= 4 is 21.7 Å². The second kappa shape index (κ2) is 5.98. The van der Waals surface area contributed by atoms with Crippen molar-refractivity contribution in [3.8, 4) is 23.3 Å². The molecular weight excluding hydrogens is 396 g/mol. The number of aromatic amines is 1. The first-order valence-electron chi connectivity index (χ1n) is 6.05. The van der Waals surface area contributed by atoms with E-state index < -0.39 is 51.2 Å². The van der Waals surface area contributed by atoms with Gasteiger partial charge in [0.05, 0.1) is 5.56 Å². The molecule has 0 unspecified atom stereocenters. The summed E-state index contributed by atoms with van der Waals surface area (Å²) >= 11 is 2.88. The molecule has 10 heteroatoms. The molecule has 1 aromatic carbocycles. The lowest BCUT2D eigenvalue weighted by Gasteiger charge is -2.15. The Labute approximate surface area is 140 Å². The number of aromatic nitrogens is 1. The smallest absolute Gasteiger partial charge is 0.384 e. The third-order valence-corrected chi connectivity index (χ3v) is 3.78. The third-order valence-electron chi connectivity index (χ3n) is 3.11. The van der Waals surface area contributed by atoms with Crippen LogP contribution >= 0.6 is 15.9 Å². The highest BCUT2D eigenvalue weighted by Crippen LogP contribution is 2.41. The van der Waals surface area contributed by atoms with Crippen LogP contribution in [0.5, 0.6) is 0 Å². The van der Waals surface area contributed by atoms with Crippen LogP contribution < -0.4 is 11.3 Å². The number of nitrogens with one attached hydrogen (secondary N) is 1. The molecule has 1 aromatic heterocycles. The zero-order valence-corrected chi connectivity index (χ0v) is 13.0. The van der Waals surface area contributed by atoms with Crippen LogP contribution in [0.15, 0.2) is 21.4 Å². The standard InChI is InChI=1S/C14H5BrF4N4O/c15-8-2-1-7(14(17,18)19)11(16)10(8)9-5(3-20)12(22)23-13(24)6(9)4-21/h1-2H,(H3,22,23,24). The SMILES string of the molecule is N#Cc1c(N)[nH]c(=O)c(C#N)c1-c1c(Br)ccc(C(F)(F)F)c1F. The number of nitrogens with two attached hydrogens (primary N) is 1. The van der Waals surface area contributed by atoms with Gasteiger partial charge in [0, 0.05) is 15.6 Å². The zero-order valence-electron chi connectivity index (χ0n) is 11.4. The molecule has 0 atom stereocenters. The predicted octanol–water partition coefficient (Wildman–Crippen LogP) is 3.29. The average molecular weight is 401 g/mol. The lowest BCUT2D eigenvalue weighted by atomic mass is 9.94. The number of hydrogen-bond donors (Lipinski definition) is 2. The maximum Gasteiger partial charge on any atom is 0.419 e. The summed E-state index contributed by atoms with van der Waals surface area (Å²) in [5.41, 5.74) is 0.245. The molecular formula is C14H5BrF4N4O. The Kier molecular flexibility index (Phi) is 4.36. The molecule has 3 N–H and O–H groups in total.